The lowest BCUT2D eigenvalue weighted by molar-refractivity contribution is -0.121. The van der Waals surface area contributed by atoms with Gasteiger partial charge in [-0.3, -0.25) is 9.10 Å². The number of methoxy groups -OCH3 is 1. The summed E-state index contributed by atoms with van der Waals surface area (Å²) in [6, 6.07) is 12.8. The molecule has 7 nitrogen and oxygen atoms in total. The van der Waals surface area contributed by atoms with Gasteiger partial charge in [0.2, 0.25) is 15.9 Å². The lowest BCUT2D eigenvalue weighted by Crippen LogP contribution is -2.33. The van der Waals surface area contributed by atoms with Crippen LogP contribution in [0.25, 0.3) is 0 Å². The van der Waals surface area contributed by atoms with Crippen LogP contribution < -0.4 is 19.1 Å². The Morgan fingerprint density at radius 3 is 2.60 bits per heavy atom. The van der Waals surface area contributed by atoms with Crippen LogP contribution in [0, 0.1) is 13.8 Å². The van der Waals surface area contributed by atoms with Crippen molar-refractivity contribution < 1.29 is 22.7 Å². The molecular formula is C22H30N2O5S. The van der Waals surface area contributed by atoms with Crippen molar-refractivity contribution in [3.63, 3.8) is 0 Å². The monoisotopic (exact) mass is 434 g/mol. The van der Waals surface area contributed by atoms with Gasteiger partial charge in [0.1, 0.15) is 18.1 Å². The number of hydrogen-bond acceptors (Lipinski definition) is 5. The molecule has 2 rings (SSSR count). The van der Waals surface area contributed by atoms with Gasteiger partial charge in [0, 0.05) is 19.0 Å². The summed E-state index contributed by atoms with van der Waals surface area (Å²) in [5, 5.41) is 2.81. The molecular weight excluding hydrogens is 404 g/mol. The minimum Gasteiger partial charge on any atom is -0.497 e. The first kappa shape index (κ1) is 23.5. The van der Waals surface area contributed by atoms with Crippen LogP contribution in [0.2, 0.25) is 0 Å². The van der Waals surface area contributed by atoms with Crippen LogP contribution in [-0.4, -0.2) is 47.4 Å². The molecule has 0 saturated carbocycles. The van der Waals surface area contributed by atoms with Crippen molar-refractivity contribution in [1.82, 2.24) is 5.32 Å². The van der Waals surface area contributed by atoms with Gasteiger partial charge in [-0.15, -0.1) is 0 Å². The highest BCUT2D eigenvalue weighted by Crippen LogP contribution is 2.23. The maximum atomic E-state index is 12.2. The van der Waals surface area contributed by atoms with Crippen molar-refractivity contribution in [3.8, 4) is 11.5 Å². The Balaban J connectivity index is 1.79. The molecule has 0 heterocycles. The first-order valence-electron chi connectivity index (χ1n) is 9.79. The number of benzene rings is 2. The molecule has 2 aromatic rings. The zero-order valence-electron chi connectivity index (χ0n) is 18.0. The Hall–Kier alpha value is -2.74. The summed E-state index contributed by atoms with van der Waals surface area (Å²) in [5.74, 6) is 1.24. The zero-order chi connectivity index (χ0) is 22.1. The summed E-state index contributed by atoms with van der Waals surface area (Å²) in [4.78, 5) is 12.1. The van der Waals surface area contributed by atoms with Crippen molar-refractivity contribution in [2.24, 2.45) is 0 Å². The number of carbonyl (C=O) groups is 1. The van der Waals surface area contributed by atoms with E-state index in [1.54, 1.807) is 24.3 Å². The highest BCUT2D eigenvalue weighted by Gasteiger charge is 2.18. The largest absolute Gasteiger partial charge is 0.497 e. The molecule has 0 spiro atoms. The van der Waals surface area contributed by atoms with Crippen molar-refractivity contribution in [2.45, 2.75) is 26.7 Å². The normalized spacial score (nSPS) is 11.1. The average Bonchev–Trinajstić information content (AvgIpc) is 2.70. The van der Waals surface area contributed by atoms with Crippen LogP contribution in [0.5, 0.6) is 11.5 Å². The molecule has 0 aliphatic rings. The van der Waals surface area contributed by atoms with Gasteiger partial charge in [0.05, 0.1) is 25.6 Å². The van der Waals surface area contributed by atoms with Gasteiger partial charge in [-0.05, 0) is 49.6 Å². The smallest absolute Gasteiger partial charge is 0.232 e. The summed E-state index contributed by atoms with van der Waals surface area (Å²) in [6.07, 6.45) is 1.77. The van der Waals surface area contributed by atoms with Gasteiger partial charge in [-0.2, -0.15) is 0 Å². The van der Waals surface area contributed by atoms with E-state index in [1.165, 1.54) is 11.4 Å². The standard InChI is InChI=1S/C22H30N2O5S/c1-17-10-11-18(2)21(15-17)29-14-12-23-22(25)9-6-13-24(30(4,26)27)19-7-5-8-20(16-19)28-3/h5,7-8,10-11,15-16H,6,9,12-14H2,1-4H3,(H,23,25). The summed E-state index contributed by atoms with van der Waals surface area (Å²) in [6.45, 7) is 4.94. The summed E-state index contributed by atoms with van der Waals surface area (Å²) in [7, 11) is -1.95. The maximum Gasteiger partial charge on any atom is 0.232 e. The van der Waals surface area contributed by atoms with Crippen molar-refractivity contribution >= 4 is 21.6 Å². The summed E-state index contributed by atoms with van der Waals surface area (Å²) < 4.78 is 36.5. The van der Waals surface area contributed by atoms with Crippen LogP contribution in [0.4, 0.5) is 5.69 Å². The number of aryl methyl sites for hydroxylation is 2. The topological polar surface area (TPSA) is 84.9 Å². The number of carbonyl (C=O) groups excluding carboxylic acids is 1. The van der Waals surface area contributed by atoms with E-state index in [-0.39, 0.29) is 18.9 Å². The van der Waals surface area contributed by atoms with Gasteiger partial charge in [0.25, 0.3) is 0 Å². The fourth-order valence-electron chi connectivity index (χ4n) is 2.94. The van der Waals surface area contributed by atoms with Gasteiger partial charge < -0.3 is 14.8 Å². The highest BCUT2D eigenvalue weighted by molar-refractivity contribution is 7.92. The van der Waals surface area contributed by atoms with Gasteiger partial charge in [0.15, 0.2) is 0 Å². The molecule has 0 aliphatic heterocycles. The van der Waals surface area contributed by atoms with E-state index in [0.29, 0.717) is 31.0 Å². The molecule has 0 aliphatic carbocycles. The molecule has 0 unspecified atom stereocenters. The second kappa shape index (κ2) is 10.9. The predicted molar refractivity (Wildman–Crippen MR) is 119 cm³/mol. The van der Waals surface area contributed by atoms with Crippen LogP contribution >= 0.6 is 0 Å². The van der Waals surface area contributed by atoms with Gasteiger partial charge in [-0.1, -0.05) is 18.2 Å². The predicted octanol–water partition coefficient (Wildman–Crippen LogP) is 3.05. The fraction of sp³-hybridized carbons (Fsp3) is 0.409. The molecule has 0 saturated heterocycles. The number of sulfonamides is 1. The summed E-state index contributed by atoms with van der Waals surface area (Å²) in [5.41, 5.74) is 2.68. The van der Waals surface area contributed by atoms with E-state index in [4.69, 9.17) is 9.47 Å². The number of hydrogen-bond donors (Lipinski definition) is 1. The van der Waals surface area contributed by atoms with E-state index in [0.717, 1.165) is 23.1 Å². The second-order valence-corrected chi connectivity index (χ2v) is 9.01. The molecule has 164 valence electrons. The van der Waals surface area contributed by atoms with Crippen molar-refractivity contribution in [1.29, 1.82) is 0 Å². The fourth-order valence-corrected chi connectivity index (χ4v) is 3.90. The molecule has 0 fully saturated rings. The molecule has 2 aromatic carbocycles. The molecule has 0 atom stereocenters. The van der Waals surface area contributed by atoms with Crippen LogP contribution in [0.1, 0.15) is 24.0 Å². The Bertz CT molecular complexity index is 960. The van der Waals surface area contributed by atoms with E-state index in [1.807, 2.05) is 32.0 Å². The average molecular weight is 435 g/mol. The third kappa shape index (κ3) is 7.26. The lowest BCUT2D eigenvalue weighted by Gasteiger charge is -2.22. The Labute approximate surface area is 179 Å². The highest BCUT2D eigenvalue weighted by atomic mass is 32.2. The third-order valence-electron chi connectivity index (χ3n) is 4.53. The zero-order valence-corrected chi connectivity index (χ0v) is 18.8. The third-order valence-corrected chi connectivity index (χ3v) is 5.73. The number of amides is 1. The SMILES string of the molecule is COc1cccc(N(CCCC(=O)NCCOc2cc(C)ccc2C)S(C)(=O)=O)c1. The van der Waals surface area contributed by atoms with E-state index in [9.17, 15) is 13.2 Å². The minimum absolute atomic E-state index is 0.140. The number of rotatable bonds is 11. The van der Waals surface area contributed by atoms with E-state index < -0.39 is 10.0 Å². The number of ether oxygens (including phenoxy) is 2. The first-order valence-corrected chi connectivity index (χ1v) is 11.6. The number of nitrogens with one attached hydrogen (secondary N) is 1. The maximum absolute atomic E-state index is 12.2. The van der Waals surface area contributed by atoms with Crippen LogP contribution in [0.3, 0.4) is 0 Å². The molecule has 0 radical (unpaired) electrons. The molecule has 0 bridgehead atoms. The Morgan fingerprint density at radius 2 is 1.90 bits per heavy atom. The Morgan fingerprint density at radius 1 is 1.13 bits per heavy atom. The molecule has 8 heteroatoms. The van der Waals surface area contributed by atoms with Gasteiger partial charge >= 0.3 is 0 Å². The van der Waals surface area contributed by atoms with E-state index in [2.05, 4.69) is 5.32 Å². The molecule has 0 aromatic heterocycles. The quantitative estimate of drug-likeness (QED) is 0.550. The second-order valence-electron chi connectivity index (χ2n) is 7.11. The molecule has 30 heavy (non-hydrogen) atoms. The number of nitrogens with zero attached hydrogens (tertiary/aromatic N) is 1. The van der Waals surface area contributed by atoms with E-state index >= 15 is 0 Å². The lowest BCUT2D eigenvalue weighted by atomic mass is 10.1. The summed E-state index contributed by atoms with van der Waals surface area (Å²) >= 11 is 0. The molecule has 1 amide bonds. The van der Waals surface area contributed by atoms with Crippen molar-refractivity contribution in [2.75, 3.05) is 37.4 Å². The first-order chi connectivity index (χ1) is 14.2. The Kier molecular flexibility index (Phi) is 8.53. The van der Waals surface area contributed by atoms with Gasteiger partial charge in [-0.25, -0.2) is 8.42 Å². The molecule has 1 N–H and O–H groups in total. The van der Waals surface area contributed by atoms with Crippen molar-refractivity contribution in [3.05, 3.63) is 53.6 Å². The van der Waals surface area contributed by atoms with Crippen LogP contribution in [-0.2, 0) is 14.8 Å². The van der Waals surface area contributed by atoms with Crippen LogP contribution in [0.15, 0.2) is 42.5 Å². The minimum atomic E-state index is -3.47. The number of anilines is 1.